The third kappa shape index (κ3) is 2.98. The van der Waals surface area contributed by atoms with Gasteiger partial charge in [0, 0.05) is 36.4 Å². The smallest absolute Gasteiger partial charge is 0.0468 e. The van der Waals surface area contributed by atoms with E-state index in [1.165, 1.54) is 0 Å². The minimum Gasteiger partial charge on any atom is -0.398 e. The van der Waals surface area contributed by atoms with Gasteiger partial charge in [0.1, 0.15) is 0 Å². The topological polar surface area (TPSA) is 50.1 Å². The summed E-state index contributed by atoms with van der Waals surface area (Å²) in [5, 5.41) is 7.46. The molecular formula is C10H15Cl2N3. The zero-order valence-corrected chi connectivity index (χ0v) is 9.87. The van der Waals surface area contributed by atoms with Crippen molar-refractivity contribution in [3.63, 3.8) is 0 Å². The van der Waals surface area contributed by atoms with E-state index in [1.807, 2.05) is 18.2 Å². The molecule has 2 rings (SSSR count). The number of nitrogens with one attached hydrogen (secondary N) is 2. The number of halogens is 2. The molecule has 0 aliphatic carbocycles. The molecule has 1 fully saturated rings. The van der Waals surface area contributed by atoms with Gasteiger partial charge in [0.15, 0.2) is 0 Å². The van der Waals surface area contributed by atoms with Crippen LogP contribution in [0.15, 0.2) is 18.2 Å². The van der Waals surface area contributed by atoms with E-state index in [0.29, 0.717) is 0 Å². The monoisotopic (exact) mass is 247 g/mol. The highest BCUT2D eigenvalue weighted by Crippen LogP contribution is 2.24. The van der Waals surface area contributed by atoms with Crippen molar-refractivity contribution >= 4 is 29.7 Å². The fourth-order valence-electron chi connectivity index (χ4n) is 1.72. The van der Waals surface area contributed by atoms with E-state index in [-0.39, 0.29) is 18.4 Å². The Balaban J connectivity index is 0.00000112. The SMILES string of the molecule is Cl.Nc1ccc(Cl)cc1[C@H]1CNCCN1. The van der Waals surface area contributed by atoms with Gasteiger partial charge in [-0.1, -0.05) is 11.6 Å². The average Bonchev–Trinajstić information content (AvgIpc) is 2.23. The van der Waals surface area contributed by atoms with Gasteiger partial charge < -0.3 is 16.4 Å². The van der Waals surface area contributed by atoms with Gasteiger partial charge in [-0.25, -0.2) is 0 Å². The Bertz CT molecular complexity index is 324. The van der Waals surface area contributed by atoms with E-state index in [0.717, 1.165) is 35.9 Å². The number of piperazine rings is 1. The van der Waals surface area contributed by atoms with E-state index in [2.05, 4.69) is 10.6 Å². The number of nitrogens with two attached hydrogens (primary N) is 1. The largest absolute Gasteiger partial charge is 0.398 e. The predicted molar refractivity (Wildman–Crippen MR) is 66.7 cm³/mol. The lowest BCUT2D eigenvalue weighted by Gasteiger charge is -2.26. The lowest BCUT2D eigenvalue weighted by molar-refractivity contribution is 0.431. The third-order valence-electron chi connectivity index (χ3n) is 2.47. The second-order valence-corrected chi connectivity index (χ2v) is 3.92. The maximum atomic E-state index is 5.93. The summed E-state index contributed by atoms with van der Waals surface area (Å²) in [6.45, 7) is 2.89. The van der Waals surface area contributed by atoms with E-state index in [9.17, 15) is 0 Å². The Hall–Kier alpha value is -0.480. The maximum Gasteiger partial charge on any atom is 0.0468 e. The summed E-state index contributed by atoms with van der Waals surface area (Å²) in [5.74, 6) is 0. The molecule has 0 unspecified atom stereocenters. The van der Waals surface area contributed by atoms with Crippen molar-refractivity contribution in [2.24, 2.45) is 0 Å². The molecule has 1 heterocycles. The molecule has 1 atom stereocenters. The first-order valence-corrected chi connectivity index (χ1v) is 5.14. The van der Waals surface area contributed by atoms with Crippen LogP contribution in [-0.2, 0) is 0 Å². The van der Waals surface area contributed by atoms with Crippen molar-refractivity contribution < 1.29 is 0 Å². The van der Waals surface area contributed by atoms with Crippen LogP contribution in [0.4, 0.5) is 5.69 Å². The van der Waals surface area contributed by atoms with Crippen LogP contribution in [0.3, 0.4) is 0 Å². The molecule has 0 amide bonds. The summed E-state index contributed by atoms with van der Waals surface area (Å²) < 4.78 is 0. The zero-order chi connectivity index (χ0) is 9.97. The van der Waals surface area contributed by atoms with Crippen molar-refractivity contribution in [1.82, 2.24) is 10.6 Å². The van der Waals surface area contributed by atoms with Gasteiger partial charge in [0.05, 0.1) is 0 Å². The number of nitrogen functional groups attached to an aromatic ring is 1. The highest BCUT2D eigenvalue weighted by Gasteiger charge is 2.16. The lowest BCUT2D eigenvalue weighted by atomic mass is 10.0. The van der Waals surface area contributed by atoms with Gasteiger partial charge in [0.25, 0.3) is 0 Å². The molecule has 4 N–H and O–H groups in total. The molecule has 0 radical (unpaired) electrons. The Morgan fingerprint density at radius 3 is 2.80 bits per heavy atom. The summed E-state index contributed by atoms with van der Waals surface area (Å²) in [6.07, 6.45) is 0. The zero-order valence-electron chi connectivity index (χ0n) is 8.29. The Kier molecular flexibility index (Phi) is 4.67. The molecule has 1 aliphatic rings. The molecule has 15 heavy (non-hydrogen) atoms. The normalized spacial score (nSPS) is 20.7. The van der Waals surface area contributed by atoms with Crippen molar-refractivity contribution in [2.45, 2.75) is 6.04 Å². The molecular weight excluding hydrogens is 233 g/mol. The number of anilines is 1. The van der Waals surface area contributed by atoms with Crippen LogP contribution >= 0.6 is 24.0 Å². The first-order chi connectivity index (χ1) is 6.77. The van der Waals surface area contributed by atoms with Crippen LogP contribution in [0.2, 0.25) is 5.02 Å². The molecule has 1 aromatic rings. The number of benzene rings is 1. The third-order valence-corrected chi connectivity index (χ3v) is 2.70. The fraction of sp³-hybridized carbons (Fsp3) is 0.400. The van der Waals surface area contributed by atoms with Gasteiger partial charge in [-0.2, -0.15) is 0 Å². The molecule has 0 saturated carbocycles. The average molecular weight is 248 g/mol. The molecule has 0 aromatic heterocycles. The summed E-state index contributed by atoms with van der Waals surface area (Å²) >= 11 is 5.93. The molecule has 1 aromatic carbocycles. The van der Waals surface area contributed by atoms with Gasteiger partial charge in [-0.15, -0.1) is 12.4 Å². The fourth-order valence-corrected chi connectivity index (χ4v) is 1.90. The molecule has 1 saturated heterocycles. The summed E-state index contributed by atoms with van der Waals surface area (Å²) in [7, 11) is 0. The highest BCUT2D eigenvalue weighted by molar-refractivity contribution is 6.30. The second-order valence-electron chi connectivity index (χ2n) is 3.48. The van der Waals surface area contributed by atoms with Crippen LogP contribution in [0.25, 0.3) is 0 Å². The first kappa shape index (κ1) is 12.6. The van der Waals surface area contributed by atoms with Crippen molar-refractivity contribution in [3.8, 4) is 0 Å². The molecule has 1 aliphatic heterocycles. The minimum absolute atomic E-state index is 0. The summed E-state index contributed by atoms with van der Waals surface area (Å²) in [4.78, 5) is 0. The van der Waals surface area contributed by atoms with Crippen LogP contribution < -0.4 is 16.4 Å². The van der Waals surface area contributed by atoms with Crippen molar-refractivity contribution in [2.75, 3.05) is 25.4 Å². The Morgan fingerprint density at radius 2 is 2.13 bits per heavy atom. The number of hydrogen-bond acceptors (Lipinski definition) is 3. The Morgan fingerprint density at radius 1 is 1.33 bits per heavy atom. The van der Waals surface area contributed by atoms with Crippen LogP contribution in [0.5, 0.6) is 0 Å². The standard InChI is InChI=1S/C10H14ClN3.ClH/c11-7-1-2-9(12)8(5-7)10-6-13-3-4-14-10;/h1-2,5,10,13-14H,3-4,6,12H2;1H/t10-;/m1./s1. The van der Waals surface area contributed by atoms with Gasteiger partial charge in [0.2, 0.25) is 0 Å². The van der Waals surface area contributed by atoms with E-state index < -0.39 is 0 Å². The minimum atomic E-state index is 0. The molecule has 0 spiro atoms. The second kappa shape index (κ2) is 5.56. The summed E-state index contributed by atoms with van der Waals surface area (Å²) in [6, 6.07) is 5.88. The van der Waals surface area contributed by atoms with Gasteiger partial charge in [-0.05, 0) is 23.8 Å². The van der Waals surface area contributed by atoms with Gasteiger partial charge >= 0.3 is 0 Å². The van der Waals surface area contributed by atoms with Crippen LogP contribution in [0, 0.1) is 0 Å². The lowest BCUT2D eigenvalue weighted by Crippen LogP contribution is -2.42. The molecule has 0 bridgehead atoms. The van der Waals surface area contributed by atoms with Crippen LogP contribution in [0.1, 0.15) is 11.6 Å². The van der Waals surface area contributed by atoms with E-state index in [4.69, 9.17) is 17.3 Å². The quantitative estimate of drug-likeness (QED) is 0.661. The van der Waals surface area contributed by atoms with E-state index >= 15 is 0 Å². The van der Waals surface area contributed by atoms with Crippen molar-refractivity contribution in [1.29, 1.82) is 0 Å². The molecule has 84 valence electrons. The highest BCUT2D eigenvalue weighted by atomic mass is 35.5. The first-order valence-electron chi connectivity index (χ1n) is 4.76. The van der Waals surface area contributed by atoms with E-state index in [1.54, 1.807) is 0 Å². The van der Waals surface area contributed by atoms with Crippen molar-refractivity contribution in [3.05, 3.63) is 28.8 Å². The summed E-state index contributed by atoms with van der Waals surface area (Å²) in [5.41, 5.74) is 7.78. The number of hydrogen-bond donors (Lipinski definition) is 3. The predicted octanol–water partition coefficient (Wildman–Crippen LogP) is 1.58. The maximum absolute atomic E-state index is 5.93. The van der Waals surface area contributed by atoms with Gasteiger partial charge in [-0.3, -0.25) is 0 Å². The molecule has 5 heteroatoms. The number of rotatable bonds is 1. The molecule has 3 nitrogen and oxygen atoms in total. The van der Waals surface area contributed by atoms with Crippen LogP contribution in [-0.4, -0.2) is 19.6 Å². The Labute approximate surface area is 101 Å².